The minimum atomic E-state index is -3.61. The number of hydrogen-bond donors (Lipinski definition) is 5. The van der Waals surface area contributed by atoms with Crippen molar-refractivity contribution in [2.24, 2.45) is 11.8 Å². The number of H-pyrrole nitrogens is 1. The minimum absolute atomic E-state index is 0.162. The number of anilines is 1. The van der Waals surface area contributed by atoms with E-state index in [1.807, 2.05) is 37.3 Å². The molecule has 14 nitrogen and oxygen atoms in total. The lowest BCUT2D eigenvalue weighted by Crippen LogP contribution is -2.48. The van der Waals surface area contributed by atoms with Gasteiger partial charge in [-0.2, -0.15) is 9.52 Å². The molecule has 0 bridgehead atoms. The molecule has 2 fully saturated rings. The van der Waals surface area contributed by atoms with Crippen LogP contribution in [0.4, 0.5) is 10.5 Å². The zero-order chi connectivity index (χ0) is 36.0. The molecule has 1 aromatic heterocycles. The van der Waals surface area contributed by atoms with Crippen molar-refractivity contribution in [2.75, 3.05) is 25.0 Å². The highest BCUT2D eigenvalue weighted by Crippen LogP contribution is 2.31. The van der Waals surface area contributed by atoms with Gasteiger partial charge in [0.15, 0.2) is 0 Å². The smallest absolute Gasteiger partial charge is 0.404 e. The molecular formula is C36H42N8O6S. The van der Waals surface area contributed by atoms with Gasteiger partial charge in [0.1, 0.15) is 6.04 Å². The Labute approximate surface area is 296 Å². The maximum Gasteiger partial charge on any atom is 0.404 e. The molecule has 3 amide bonds. The number of aryl methyl sites for hydroxylation is 1. The summed E-state index contributed by atoms with van der Waals surface area (Å²) in [6.45, 7) is 3.31. The SMILES string of the molecule is Cc1ccc(S(=O)(=O)N2CCCC2)cc1-c1cccc(C[C@H](NC(=O)C2CCC(CNC(=O)O)CC2)C(=O)Nc2ccc(-c3nn[nH]n3)cc2)c1. The number of aromatic nitrogens is 4. The molecule has 1 atom stereocenters. The lowest BCUT2D eigenvalue weighted by atomic mass is 9.81. The lowest BCUT2D eigenvalue weighted by Gasteiger charge is -2.29. The van der Waals surface area contributed by atoms with Gasteiger partial charge in [0.25, 0.3) is 0 Å². The van der Waals surface area contributed by atoms with Gasteiger partial charge < -0.3 is 21.1 Å². The molecule has 6 rings (SSSR count). The largest absolute Gasteiger partial charge is 0.465 e. The van der Waals surface area contributed by atoms with E-state index in [0.717, 1.165) is 35.1 Å². The predicted octanol–water partition coefficient (Wildman–Crippen LogP) is 4.37. The third-order valence-corrected chi connectivity index (χ3v) is 11.6. The van der Waals surface area contributed by atoms with Crippen molar-refractivity contribution in [1.82, 2.24) is 35.6 Å². The molecule has 0 spiro atoms. The fraction of sp³-hybridized carbons (Fsp3) is 0.389. The highest BCUT2D eigenvalue weighted by molar-refractivity contribution is 7.89. The Morgan fingerprint density at radius 1 is 0.961 bits per heavy atom. The van der Waals surface area contributed by atoms with Crippen molar-refractivity contribution >= 4 is 33.6 Å². The quantitative estimate of drug-likeness (QED) is 0.141. The third-order valence-electron chi connectivity index (χ3n) is 9.74. The van der Waals surface area contributed by atoms with Crippen LogP contribution < -0.4 is 16.0 Å². The summed E-state index contributed by atoms with van der Waals surface area (Å²) in [6, 6.07) is 18.8. The van der Waals surface area contributed by atoms with Crippen LogP contribution >= 0.6 is 0 Å². The minimum Gasteiger partial charge on any atom is -0.465 e. The molecule has 1 saturated heterocycles. The number of sulfonamides is 1. The number of rotatable bonds is 12. The van der Waals surface area contributed by atoms with Gasteiger partial charge in [-0.25, -0.2) is 13.2 Å². The van der Waals surface area contributed by atoms with Crippen LogP contribution in [-0.2, 0) is 26.0 Å². The molecule has 5 N–H and O–H groups in total. The average Bonchev–Trinajstić information content (AvgIpc) is 3.88. The van der Waals surface area contributed by atoms with E-state index in [9.17, 15) is 22.8 Å². The normalized spacial score (nSPS) is 18.5. The first-order valence-corrected chi connectivity index (χ1v) is 18.6. The van der Waals surface area contributed by atoms with Crippen molar-refractivity contribution in [3.8, 4) is 22.5 Å². The number of tetrazole rings is 1. The van der Waals surface area contributed by atoms with Gasteiger partial charge in [0.2, 0.25) is 27.7 Å². The maximum absolute atomic E-state index is 13.8. The molecule has 0 unspecified atom stereocenters. The van der Waals surface area contributed by atoms with Gasteiger partial charge in [-0.1, -0.05) is 30.3 Å². The van der Waals surface area contributed by atoms with E-state index in [1.54, 1.807) is 36.4 Å². The van der Waals surface area contributed by atoms with Gasteiger partial charge in [0, 0.05) is 43.2 Å². The Morgan fingerprint density at radius 3 is 2.39 bits per heavy atom. The second-order valence-corrected chi connectivity index (χ2v) is 15.2. The summed E-state index contributed by atoms with van der Waals surface area (Å²) in [4.78, 5) is 38.6. The number of benzene rings is 3. The molecule has 1 aliphatic carbocycles. The number of hydrogen-bond acceptors (Lipinski definition) is 8. The Kier molecular flexibility index (Phi) is 11.1. The zero-order valence-corrected chi connectivity index (χ0v) is 29.2. The van der Waals surface area contributed by atoms with Crippen LogP contribution in [0.3, 0.4) is 0 Å². The van der Waals surface area contributed by atoms with Crippen LogP contribution in [0.1, 0.15) is 49.7 Å². The number of nitrogens with one attached hydrogen (secondary N) is 4. The molecule has 15 heteroatoms. The van der Waals surface area contributed by atoms with Gasteiger partial charge in [-0.3, -0.25) is 9.59 Å². The van der Waals surface area contributed by atoms with E-state index in [4.69, 9.17) is 5.11 Å². The van der Waals surface area contributed by atoms with E-state index in [1.165, 1.54) is 4.31 Å². The number of carbonyl (C=O) groups excluding carboxylic acids is 2. The van der Waals surface area contributed by atoms with E-state index in [2.05, 4.69) is 36.6 Å². The van der Waals surface area contributed by atoms with Crippen LogP contribution in [0.25, 0.3) is 22.5 Å². The van der Waals surface area contributed by atoms with Gasteiger partial charge in [-0.05, 0) is 115 Å². The van der Waals surface area contributed by atoms with Crippen LogP contribution in [0, 0.1) is 18.8 Å². The monoisotopic (exact) mass is 714 g/mol. The summed E-state index contributed by atoms with van der Waals surface area (Å²) in [5.41, 5.74) is 4.52. The first-order valence-electron chi connectivity index (χ1n) is 17.2. The first kappa shape index (κ1) is 35.7. The summed E-state index contributed by atoms with van der Waals surface area (Å²) in [5, 5.41) is 31.3. The average molecular weight is 715 g/mol. The second-order valence-electron chi connectivity index (χ2n) is 13.3. The molecule has 2 heterocycles. The topological polar surface area (TPSA) is 199 Å². The van der Waals surface area contributed by atoms with E-state index in [0.29, 0.717) is 62.4 Å². The standard InChI is InChI=1S/C36H42N8O6S/c1-23-7-16-30(51(49,50)44-17-2-3-18-44)21-31(23)28-6-4-5-25(19-28)20-32(39-34(45)27-10-8-24(9-11-27)22-37-36(47)48)35(46)38-29-14-12-26(13-15-29)33-40-42-43-41-33/h4-7,12-16,19,21,24,27,32,37H,2-3,8-11,17-18,20,22H2,1H3,(H,38,46)(H,39,45)(H,47,48)(H,40,41,42,43)/t24?,27?,32-/m0/s1. The van der Waals surface area contributed by atoms with Crippen molar-refractivity contribution < 1.29 is 27.9 Å². The molecular weight excluding hydrogens is 673 g/mol. The van der Waals surface area contributed by atoms with E-state index < -0.39 is 28.1 Å². The Bertz CT molecular complexity index is 1960. The van der Waals surface area contributed by atoms with Crippen LogP contribution in [0.5, 0.6) is 0 Å². The predicted molar refractivity (Wildman–Crippen MR) is 190 cm³/mol. The van der Waals surface area contributed by atoms with Crippen LogP contribution in [0.15, 0.2) is 71.6 Å². The Hall–Kier alpha value is -5.15. The molecule has 268 valence electrons. The summed E-state index contributed by atoms with van der Waals surface area (Å²) < 4.78 is 28.2. The summed E-state index contributed by atoms with van der Waals surface area (Å²) in [5.74, 6) is -0.338. The highest BCUT2D eigenvalue weighted by Gasteiger charge is 2.31. The molecule has 51 heavy (non-hydrogen) atoms. The number of amides is 3. The van der Waals surface area contributed by atoms with Crippen LogP contribution in [-0.4, -0.2) is 82.0 Å². The molecule has 2 aliphatic rings. The number of aromatic amines is 1. The number of nitrogens with zero attached hydrogens (tertiary/aromatic N) is 4. The van der Waals surface area contributed by atoms with Crippen molar-refractivity contribution in [3.63, 3.8) is 0 Å². The maximum atomic E-state index is 13.8. The second kappa shape index (κ2) is 15.8. The van der Waals surface area contributed by atoms with Gasteiger partial charge in [0.05, 0.1) is 4.90 Å². The third kappa shape index (κ3) is 8.78. The fourth-order valence-corrected chi connectivity index (χ4v) is 8.37. The van der Waals surface area contributed by atoms with Crippen molar-refractivity contribution in [2.45, 2.75) is 62.8 Å². The molecule has 4 aromatic rings. The van der Waals surface area contributed by atoms with Crippen molar-refractivity contribution in [1.29, 1.82) is 0 Å². The summed E-state index contributed by atoms with van der Waals surface area (Å²) in [6.07, 6.45) is 3.42. The van der Waals surface area contributed by atoms with Crippen molar-refractivity contribution in [3.05, 3.63) is 77.9 Å². The van der Waals surface area contributed by atoms with Gasteiger partial charge in [-0.15, -0.1) is 10.2 Å². The lowest BCUT2D eigenvalue weighted by molar-refractivity contribution is -0.130. The van der Waals surface area contributed by atoms with Gasteiger partial charge >= 0.3 is 6.09 Å². The van der Waals surface area contributed by atoms with E-state index in [-0.39, 0.29) is 29.1 Å². The van der Waals surface area contributed by atoms with Crippen LogP contribution in [0.2, 0.25) is 0 Å². The Balaban J connectivity index is 1.21. The summed E-state index contributed by atoms with van der Waals surface area (Å²) >= 11 is 0. The Morgan fingerprint density at radius 2 is 1.71 bits per heavy atom. The summed E-state index contributed by atoms with van der Waals surface area (Å²) in [7, 11) is -3.61. The van der Waals surface area contributed by atoms with E-state index >= 15 is 0 Å². The fourth-order valence-electron chi connectivity index (χ4n) is 6.83. The molecule has 1 aliphatic heterocycles. The molecule has 0 radical (unpaired) electrons. The first-order chi connectivity index (χ1) is 24.6. The number of carbonyl (C=O) groups is 3. The molecule has 3 aromatic carbocycles. The zero-order valence-electron chi connectivity index (χ0n) is 28.3. The highest BCUT2D eigenvalue weighted by atomic mass is 32.2. The molecule has 1 saturated carbocycles. The number of carboxylic acid groups (broad SMARTS) is 1.